The predicted octanol–water partition coefficient (Wildman–Crippen LogP) is 4.39. The molecule has 0 bridgehead atoms. The number of anilines is 1. The molecule has 27 heavy (non-hydrogen) atoms. The molecule has 1 aliphatic carbocycles. The van der Waals surface area contributed by atoms with Crippen LogP contribution in [0.5, 0.6) is 5.75 Å². The molecule has 0 spiro atoms. The van der Waals surface area contributed by atoms with Crippen molar-refractivity contribution in [1.29, 1.82) is 0 Å². The standard InChI is InChI=1S/C19H18BrNO5S/c1-2-25-19(24)17-14(11-3-4-11)10-27-18(17)21-16(23)9-26-15-6-5-13(20)7-12(15)8-22/h5-8,10-11H,2-4,9H2,1H3,(H,21,23). The number of hydrogen-bond acceptors (Lipinski definition) is 6. The first-order valence-corrected chi connectivity index (χ1v) is 10.2. The fourth-order valence-corrected chi connectivity index (χ4v) is 4.05. The van der Waals surface area contributed by atoms with Gasteiger partial charge >= 0.3 is 5.97 Å². The van der Waals surface area contributed by atoms with E-state index in [-0.39, 0.29) is 13.2 Å². The molecule has 1 aliphatic rings. The average Bonchev–Trinajstić information content (AvgIpc) is 3.41. The van der Waals surface area contributed by atoms with Crippen LogP contribution in [0.3, 0.4) is 0 Å². The SMILES string of the molecule is CCOC(=O)c1c(C2CC2)csc1NC(=O)COc1ccc(Br)cc1C=O. The summed E-state index contributed by atoms with van der Waals surface area (Å²) in [5, 5.41) is 5.10. The van der Waals surface area contributed by atoms with E-state index in [9.17, 15) is 14.4 Å². The fourth-order valence-electron chi connectivity index (χ4n) is 2.62. The first-order chi connectivity index (χ1) is 13.0. The molecule has 1 fully saturated rings. The molecular formula is C19H18BrNO5S. The third kappa shape index (κ3) is 4.75. The Bertz CT molecular complexity index is 875. The summed E-state index contributed by atoms with van der Waals surface area (Å²) in [4.78, 5) is 35.7. The number of benzene rings is 1. The van der Waals surface area contributed by atoms with E-state index in [1.54, 1.807) is 25.1 Å². The fraction of sp³-hybridized carbons (Fsp3) is 0.316. The van der Waals surface area contributed by atoms with E-state index >= 15 is 0 Å². The highest BCUT2D eigenvalue weighted by atomic mass is 79.9. The molecule has 1 aromatic carbocycles. The van der Waals surface area contributed by atoms with Crippen molar-refractivity contribution in [3.63, 3.8) is 0 Å². The van der Waals surface area contributed by atoms with E-state index in [2.05, 4.69) is 21.2 Å². The van der Waals surface area contributed by atoms with Gasteiger partial charge in [0.2, 0.25) is 0 Å². The van der Waals surface area contributed by atoms with Gasteiger partial charge in [-0.1, -0.05) is 15.9 Å². The van der Waals surface area contributed by atoms with Gasteiger partial charge in [-0.05, 0) is 54.8 Å². The summed E-state index contributed by atoms with van der Waals surface area (Å²) in [5.74, 6) is -0.156. The van der Waals surface area contributed by atoms with Gasteiger partial charge in [-0.3, -0.25) is 9.59 Å². The van der Waals surface area contributed by atoms with Crippen molar-refractivity contribution in [2.45, 2.75) is 25.7 Å². The van der Waals surface area contributed by atoms with Crippen molar-refractivity contribution in [3.8, 4) is 5.75 Å². The Morgan fingerprint density at radius 1 is 1.37 bits per heavy atom. The summed E-state index contributed by atoms with van der Waals surface area (Å²) in [6.45, 7) is 1.74. The summed E-state index contributed by atoms with van der Waals surface area (Å²) in [6, 6.07) is 4.95. The zero-order valence-electron chi connectivity index (χ0n) is 14.6. The third-order valence-electron chi connectivity index (χ3n) is 4.03. The first kappa shape index (κ1) is 19.6. The van der Waals surface area contributed by atoms with Crippen LogP contribution in [0.25, 0.3) is 0 Å². The van der Waals surface area contributed by atoms with Crippen molar-refractivity contribution in [2.75, 3.05) is 18.5 Å². The number of halogens is 1. The van der Waals surface area contributed by atoms with Gasteiger partial charge in [-0.25, -0.2) is 4.79 Å². The molecule has 2 aromatic rings. The van der Waals surface area contributed by atoms with E-state index < -0.39 is 11.9 Å². The molecule has 1 heterocycles. The van der Waals surface area contributed by atoms with Crippen molar-refractivity contribution < 1.29 is 23.9 Å². The lowest BCUT2D eigenvalue weighted by Gasteiger charge is -2.10. The van der Waals surface area contributed by atoms with Gasteiger partial charge in [0.25, 0.3) is 5.91 Å². The van der Waals surface area contributed by atoms with Crippen LogP contribution in [-0.2, 0) is 9.53 Å². The van der Waals surface area contributed by atoms with E-state index in [0.29, 0.717) is 34.1 Å². The second-order valence-corrected chi connectivity index (χ2v) is 7.82. The molecule has 142 valence electrons. The molecule has 3 rings (SSSR count). The van der Waals surface area contributed by atoms with Gasteiger partial charge < -0.3 is 14.8 Å². The number of rotatable bonds is 8. The van der Waals surface area contributed by atoms with Crippen molar-refractivity contribution >= 4 is 50.4 Å². The third-order valence-corrected chi connectivity index (χ3v) is 5.43. The number of esters is 1. The summed E-state index contributed by atoms with van der Waals surface area (Å²) in [5.41, 5.74) is 1.72. The predicted molar refractivity (Wildman–Crippen MR) is 106 cm³/mol. The number of nitrogens with one attached hydrogen (secondary N) is 1. The number of aldehydes is 1. The van der Waals surface area contributed by atoms with E-state index in [1.165, 1.54) is 11.3 Å². The lowest BCUT2D eigenvalue weighted by atomic mass is 10.1. The number of ether oxygens (including phenoxy) is 2. The minimum atomic E-state index is -0.423. The summed E-state index contributed by atoms with van der Waals surface area (Å²) in [7, 11) is 0. The van der Waals surface area contributed by atoms with Crippen LogP contribution in [0, 0.1) is 0 Å². The summed E-state index contributed by atoms with van der Waals surface area (Å²) >= 11 is 4.59. The highest BCUT2D eigenvalue weighted by Crippen LogP contribution is 2.46. The largest absolute Gasteiger partial charge is 0.483 e. The van der Waals surface area contributed by atoms with Crippen LogP contribution in [-0.4, -0.2) is 31.4 Å². The van der Waals surface area contributed by atoms with E-state index in [4.69, 9.17) is 9.47 Å². The van der Waals surface area contributed by atoms with Gasteiger partial charge in [0.1, 0.15) is 10.8 Å². The maximum absolute atomic E-state index is 12.3. The summed E-state index contributed by atoms with van der Waals surface area (Å²) in [6.07, 6.45) is 2.74. The highest BCUT2D eigenvalue weighted by molar-refractivity contribution is 9.10. The lowest BCUT2D eigenvalue weighted by Crippen LogP contribution is -2.21. The molecule has 0 atom stereocenters. The maximum atomic E-state index is 12.3. The topological polar surface area (TPSA) is 81.7 Å². The Morgan fingerprint density at radius 2 is 2.15 bits per heavy atom. The second-order valence-electron chi connectivity index (χ2n) is 6.03. The van der Waals surface area contributed by atoms with E-state index in [0.717, 1.165) is 22.9 Å². The molecule has 1 N–H and O–H groups in total. The number of carbonyl (C=O) groups is 3. The average molecular weight is 452 g/mol. The molecule has 8 heteroatoms. The zero-order valence-corrected chi connectivity index (χ0v) is 17.0. The molecule has 0 aliphatic heterocycles. The molecule has 1 aromatic heterocycles. The van der Waals surface area contributed by atoms with Gasteiger partial charge in [-0.15, -0.1) is 11.3 Å². The van der Waals surface area contributed by atoms with Crippen LogP contribution in [0.15, 0.2) is 28.1 Å². The Morgan fingerprint density at radius 3 is 2.81 bits per heavy atom. The molecule has 6 nitrogen and oxygen atoms in total. The molecular weight excluding hydrogens is 434 g/mol. The van der Waals surface area contributed by atoms with Gasteiger partial charge in [-0.2, -0.15) is 0 Å². The quantitative estimate of drug-likeness (QED) is 0.475. The number of thiophene rings is 1. The molecule has 0 radical (unpaired) electrons. The second kappa shape index (κ2) is 8.67. The summed E-state index contributed by atoms with van der Waals surface area (Å²) < 4.78 is 11.3. The monoisotopic (exact) mass is 451 g/mol. The highest BCUT2D eigenvalue weighted by Gasteiger charge is 2.32. The van der Waals surface area contributed by atoms with Crippen molar-refractivity contribution in [2.24, 2.45) is 0 Å². The Balaban J connectivity index is 1.69. The van der Waals surface area contributed by atoms with Gasteiger partial charge in [0.05, 0.1) is 17.7 Å². The van der Waals surface area contributed by atoms with Crippen LogP contribution in [0.1, 0.15) is 52.0 Å². The molecule has 0 unspecified atom stereocenters. The minimum absolute atomic E-state index is 0.271. The molecule has 0 saturated heterocycles. The van der Waals surface area contributed by atoms with Crippen molar-refractivity contribution in [1.82, 2.24) is 0 Å². The molecule has 1 amide bonds. The van der Waals surface area contributed by atoms with Crippen molar-refractivity contribution in [3.05, 3.63) is 44.7 Å². The van der Waals surface area contributed by atoms with Crippen LogP contribution in [0.4, 0.5) is 5.00 Å². The number of hydrogen-bond donors (Lipinski definition) is 1. The minimum Gasteiger partial charge on any atom is -0.483 e. The molecule has 1 saturated carbocycles. The maximum Gasteiger partial charge on any atom is 0.341 e. The zero-order chi connectivity index (χ0) is 19.4. The normalized spacial score (nSPS) is 13.1. The van der Waals surface area contributed by atoms with Gasteiger partial charge in [0.15, 0.2) is 12.9 Å². The number of amides is 1. The first-order valence-electron chi connectivity index (χ1n) is 8.49. The lowest BCUT2D eigenvalue weighted by molar-refractivity contribution is -0.118. The van der Waals surface area contributed by atoms with Crippen LogP contribution >= 0.6 is 27.3 Å². The number of carbonyl (C=O) groups excluding carboxylic acids is 3. The smallest absolute Gasteiger partial charge is 0.341 e. The Kier molecular flexibility index (Phi) is 6.28. The van der Waals surface area contributed by atoms with Gasteiger partial charge in [0, 0.05) is 4.47 Å². The van der Waals surface area contributed by atoms with E-state index in [1.807, 2.05) is 5.38 Å². The Labute approximate surface area is 169 Å². The van der Waals surface area contributed by atoms with Crippen LogP contribution < -0.4 is 10.1 Å². The Hall–Kier alpha value is -2.19. The van der Waals surface area contributed by atoms with Crippen LogP contribution in [0.2, 0.25) is 0 Å².